The average molecular weight is 421 g/mol. The van der Waals surface area contributed by atoms with Crippen LogP contribution in [-0.2, 0) is 22.6 Å². The molecule has 32 heavy (non-hydrogen) atoms. The van der Waals surface area contributed by atoms with E-state index in [0.29, 0.717) is 17.8 Å². The molecule has 6 rings (SSSR count). The van der Waals surface area contributed by atoms with Crippen LogP contribution >= 0.6 is 0 Å². The summed E-state index contributed by atoms with van der Waals surface area (Å²) < 4.78 is 14.3. The van der Waals surface area contributed by atoms with Crippen LogP contribution in [0.15, 0.2) is 84.9 Å². The predicted molar refractivity (Wildman–Crippen MR) is 122 cm³/mol. The molecule has 1 heterocycles. The van der Waals surface area contributed by atoms with E-state index in [4.69, 9.17) is 0 Å². The molecule has 0 spiro atoms. The second-order valence-corrected chi connectivity index (χ2v) is 8.57. The van der Waals surface area contributed by atoms with Crippen molar-refractivity contribution in [2.45, 2.75) is 24.8 Å². The summed E-state index contributed by atoms with van der Waals surface area (Å²) in [5, 5.41) is 2.11. The number of benzene rings is 4. The van der Waals surface area contributed by atoms with Crippen molar-refractivity contribution in [1.82, 2.24) is 0 Å². The van der Waals surface area contributed by atoms with Gasteiger partial charge >= 0.3 is 0 Å². The Kier molecular flexibility index (Phi) is 4.22. The molecule has 0 radical (unpaired) electrons. The van der Waals surface area contributed by atoms with E-state index >= 15 is 0 Å². The quantitative estimate of drug-likeness (QED) is 0.437. The monoisotopic (exact) mass is 421 g/mol. The maximum atomic E-state index is 14.3. The van der Waals surface area contributed by atoms with Gasteiger partial charge in [-0.3, -0.25) is 9.59 Å². The Bertz CT molecular complexity index is 1390. The normalized spacial score (nSPS) is 19.5. The molecule has 2 atom stereocenters. The number of nitrogens with zero attached hydrogens (tertiary/aromatic N) is 1. The molecule has 0 saturated heterocycles. The molecular formula is C28H20FNO2. The summed E-state index contributed by atoms with van der Waals surface area (Å²) in [6, 6.07) is 26.1. The third-order valence-electron chi connectivity index (χ3n) is 6.73. The van der Waals surface area contributed by atoms with Gasteiger partial charge in [-0.25, -0.2) is 4.39 Å². The molecule has 0 bridgehead atoms. The Hall–Kier alpha value is -3.79. The van der Waals surface area contributed by atoms with Crippen LogP contribution in [0.3, 0.4) is 0 Å². The zero-order chi connectivity index (χ0) is 21.8. The van der Waals surface area contributed by atoms with Gasteiger partial charge in [-0.15, -0.1) is 0 Å². The van der Waals surface area contributed by atoms with Crippen LogP contribution in [0.25, 0.3) is 10.8 Å². The molecule has 0 fully saturated rings. The molecule has 2 aliphatic rings. The molecule has 1 aliphatic heterocycles. The van der Waals surface area contributed by atoms with Crippen molar-refractivity contribution in [3.63, 3.8) is 0 Å². The number of ketones is 1. The fourth-order valence-electron chi connectivity index (χ4n) is 5.38. The van der Waals surface area contributed by atoms with E-state index in [1.807, 2.05) is 66.7 Å². The number of halogens is 1. The van der Waals surface area contributed by atoms with Gasteiger partial charge < -0.3 is 4.90 Å². The van der Waals surface area contributed by atoms with E-state index in [1.54, 1.807) is 11.0 Å². The van der Waals surface area contributed by atoms with Crippen LogP contribution in [0.5, 0.6) is 0 Å². The molecule has 4 aromatic rings. The van der Waals surface area contributed by atoms with Crippen LogP contribution in [0, 0.1) is 5.82 Å². The van der Waals surface area contributed by atoms with Crippen molar-refractivity contribution >= 4 is 28.2 Å². The van der Waals surface area contributed by atoms with Crippen LogP contribution in [0.4, 0.5) is 10.1 Å². The molecule has 4 aromatic carbocycles. The third kappa shape index (κ3) is 2.79. The van der Waals surface area contributed by atoms with E-state index in [2.05, 4.69) is 0 Å². The second-order valence-electron chi connectivity index (χ2n) is 8.57. The molecule has 0 aromatic heterocycles. The van der Waals surface area contributed by atoms with Gasteiger partial charge in [0.15, 0.2) is 0 Å². The highest BCUT2D eigenvalue weighted by molar-refractivity contribution is 6.11. The van der Waals surface area contributed by atoms with Gasteiger partial charge in [0.1, 0.15) is 11.6 Å². The Labute approximate surface area is 185 Å². The molecule has 156 valence electrons. The molecular weight excluding hydrogens is 401 g/mol. The first-order chi connectivity index (χ1) is 15.6. The summed E-state index contributed by atoms with van der Waals surface area (Å²) in [6.07, 6.45) is 0.284. The third-order valence-corrected chi connectivity index (χ3v) is 6.73. The molecule has 0 saturated carbocycles. The number of hydrogen-bond acceptors (Lipinski definition) is 2. The van der Waals surface area contributed by atoms with Gasteiger partial charge in [-0.05, 0) is 51.2 Å². The smallest absolute Gasteiger partial charge is 0.236 e. The lowest BCUT2D eigenvalue weighted by Gasteiger charge is -2.29. The van der Waals surface area contributed by atoms with Crippen LogP contribution in [0.2, 0.25) is 0 Å². The first kappa shape index (κ1) is 18.9. The highest BCUT2D eigenvalue weighted by Gasteiger charge is 2.47. The predicted octanol–water partition coefficient (Wildman–Crippen LogP) is 5.52. The van der Waals surface area contributed by atoms with E-state index in [1.165, 1.54) is 12.1 Å². The van der Waals surface area contributed by atoms with Crippen LogP contribution in [0.1, 0.15) is 34.1 Å². The van der Waals surface area contributed by atoms with Crippen molar-refractivity contribution in [2.75, 3.05) is 4.90 Å². The molecule has 4 heteroatoms. The lowest BCUT2D eigenvalue weighted by Crippen LogP contribution is -2.34. The lowest BCUT2D eigenvalue weighted by molar-refractivity contribution is -0.126. The van der Waals surface area contributed by atoms with Crippen LogP contribution < -0.4 is 4.90 Å². The highest BCUT2D eigenvalue weighted by Crippen LogP contribution is 2.49. The summed E-state index contributed by atoms with van der Waals surface area (Å²) in [4.78, 5) is 28.9. The second kappa shape index (κ2) is 7.13. The number of hydrogen-bond donors (Lipinski definition) is 0. The first-order valence-electron chi connectivity index (χ1n) is 10.8. The minimum Gasteiger partial charge on any atom is -0.307 e. The van der Waals surface area contributed by atoms with E-state index in [-0.39, 0.29) is 18.1 Å². The summed E-state index contributed by atoms with van der Waals surface area (Å²) in [6.45, 7) is 0.385. The minimum absolute atomic E-state index is 0.00585. The highest BCUT2D eigenvalue weighted by atomic mass is 19.1. The number of Topliss-reactive ketones (excluding diaryl/α,β-unsaturated/α-hetero) is 1. The Morgan fingerprint density at radius 1 is 0.812 bits per heavy atom. The number of carbonyl (C=O) groups excluding carboxylic acids is 2. The topological polar surface area (TPSA) is 37.4 Å². The fraction of sp³-hybridized carbons (Fsp3) is 0.143. The number of rotatable bonds is 3. The van der Waals surface area contributed by atoms with Crippen molar-refractivity contribution in [2.24, 2.45) is 0 Å². The molecule has 1 amide bonds. The van der Waals surface area contributed by atoms with Gasteiger partial charge in [-0.2, -0.15) is 0 Å². The minimum atomic E-state index is -0.726. The summed E-state index contributed by atoms with van der Waals surface area (Å²) in [7, 11) is 0. The van der Waals surface area contributed by atoms with E-state index in [9.17, 15) is 14.0 Å². The zero-order valence-corrected chi connectivity index (χ0v) is 17.3. The van der Waals surface area contributed by atoms with Gasteiger partial charge in [-0.1, -0.05) is 66.7 Å². The summed E-state index contributed by atoms with van der Waals surface area (Å²) >= 11 is 0. The standard InChI is InChI=1S/C28H20FNO2/c29-20-12-13-23-22(15-20)27(28(32)30(23)16-17-6-2-1-3-7-17)26-21-11-5-9-18-8-4-10-19(25(18)21)14-24(26)31/h1-13,15,26-27H,14,16H2. The summed E-state index contributed by atoms with van der Waals surface area (Å²) in [5.74, 6) is -1.89. The Morgan fingerprint density at radius 3 is 2.41 bits per heavy atom. The number of carbonyl (C=O) groups is 2. The van der Waals surface area contributed by atoms with Crippen molar-refractivity contribution < 1.29 is 14.0 Å². The van der Waals surface area contributed by atoms with Gasteiger partial charge in [0.2, 0.25) is 5.91 Å². The van der Waals surface area contributed by atoms with Gasteiger partial charge in [0, 0.05) is 12.1 Å². The number of anilines is 1. The van der Waals surface area contributed by atoms with Crippen molar-refractivity contribution in [3.05, 3.63) is 113 Å². The molecule has 1 aliphatic carbocycles. The largest absolute Gasteiger partial charge is 0.307 e. The Balaban J connectivity index is 1.52. The SMILES string of the molecule is O=C1Cc2cccc3cccc(c23)C1C1C(=O)N(Cc2ccccc2)c2ccc(F)cc21. The Morgan fingerprint density at radius 2 is 1.59 bits per heavy atom. The average Bonchev–Trinajstić information content (AvgIpc) is 3.05. The fourth-order valence-corrected chi connectivity index (χ4v) is 5.38. The first-order valence-corrected chi connectivity index (χ1v) is 10.8. The van der Waals surface area contributed by atoms with E-state index < -0.39 is 17.7 Å². The van der Waals surface area contributed by atoms with Gasteiger partial charge in [0.25, 0.3) is 0 Å². The van der Waals surface area contributed by atoms with Crippen LogP contribution in [-0.4, -0.2) is 11.7 Å². The molecule has 0 N–H and O–H groups in total. The number of amides is 1. The molecule has 3 nitrogen and oxygen atoms in total. The van der Waals surface area contributed by atoms with E-state index in [0.717, 1.165) is 27.5 Å². The number of fused-ring (bicyclic) bond motifs is 1. The summed E-state index contributed by atoms with van der Waals surface area (Å²) in [5.41, 5.74) is 4.12. The van der Waals surface area contributed by atoms with Crippen molar-refractivity contribution in [3.8, 4) is 0 Å². The maximum Gasteiger partial charge on any atom is 0.236 e. The maximum absolute atomic E-state index is 14.3. The van der Waals surface area contributed by atoms with Gasteiger partial charge in [0.05, 0.1) is 18.4 Å². The van der Waals surface area contributed by atoms with Crippen molar-refractivity contribution in [1.29, 1.82) is 0 Å². The molecule has 2 unspecified atom stereocenters. The lowest BCUT2D eigenvalue weighted by atomic mass is 9.72. The zero-order valence-electron chi connectivity index (χ0n) is 17.3.